The zero-order valence-electron chi connectivity index (χ0n) is 10.2. The predicted octanol–water partition coefficient (Wildman–Crippen LogP) is 4.39. The van der Waals surface area contributed by atoms with Crippen LogP contribution >= 0.6 is 0 Å². The fourth-order valence-electron chi connectivity index (χ4n) is 2.25. The zero-order chi connectivity index (χ0) is 11.4. The van der Waals surface area contributed by atoms with Crippen molar-refractivity contribution in [3.8, 4) is 0 Å². The van der Waals surface area contributed by atoms with Crippen LogP contribution in [-0.2, 0) is 6.42 Å². The second kappa shape index (κ2) is 4.69. The van der Waals surface area contributed by atoms with E-state index in [1.807, 2.05) is 0 Å². The molecule has 0 bridgehead atoms. The van der Waals surface area contributed by atoms with Gasteiger partial charge in [-0.3, -0.25) is 0 Å². The Balaban J connectivity index is 2.00. The molecule has 0 amide bonds. The van der Waals surface area contributed by atoms with Crippen molar-refractivity contribution in [2.75, 3.05) is 0 Å². The molecule has 1 aliphatic carbocycles. The number of allylic oxidation sites excluding steroid dienone is 4. The van der Waals surface area contributed by atoms with Crippen molar-refractivity contribution in [1.29, 1.82) is 0 Å². The lowest BCUT2D eigenvalue weighted by Gasteiger charge is -2.33. The maximum atomic E-state index is 2.36. The Hall–Kier alpha value is -1.30. The van der Waals surface area contributed by atoms with Crippen molar-refractivity contribution in [3.63, 3.8) is 0 Å². The molecular formula is C16H20. The van der Waals surface area contributed by atoms with Crippen LogP contribution in [0.5, 0.6) is 0 Å². The third-order valence-corrected chi connectivity index (χ3v) is 3.82. The first-order chi connectivity index (χ1) is 7.71. The summed E-state index contributed by atoms with van der Waals surface area (Å²) in [4.78, 5) is 0. The number of hydrogen-bond donors (Lipinski definition) is 0. The molecule has 0 spiro atoms. The van der Waals surface area contributed by atoms with Crippen LogP contribution in [-0.4, -0.2) is 0 Å². The van der Waals surface area contributed by atoms with E-state index in [4.69, 9.17) is 0 Å². The van der Waals surface area contributed by atoms with E-state index < -0.39 is 0 Å². The first kappa shape index (κ1) is 11.2. The topological polar surface area (TPSA) is 0 Å². The molecule has 0 N–H and O–H groups in total. The highest BCUT2D eigenvalue weighted by molar-refractivity contribution is 5.20. The van der Waals surface area contributed by atoms with Gasteiger partial charge in [0, 0.05) is 0 Å². The minimum Gasteiger partial charge on any atom is -0.0809 e. The molecule has 0 radical (unpaired) electrons. The number of aryl methyl sites for hydroxylation is 1. The van der Waals surface area contributed by atoms with Crippen LogP contribution in [0.3, 0.4) is 0 Å². The van der Waals surface area contributed by atoms with E-state index in [1.54, 1.807) is 0 Å². The van der Waals surface area contributed by atoms with E-state index in [0.717, 1.165) is 0 Å². The summed E-state index contributed by atoms with van der Waals surface area (Å²) in [7, 11) is 0. The number of benzene rings is 1. The van der Waals surface area contributed by atoms with Crippen LogP contribution in [0.4, 0.5) is 0 Å². The van der Waals surface area contributed by atoms with Crippen LogP contribution in [0.25, 0.3) is 0 Å². The average molecular weight is 212 g/mol. The highest BCUT2D eigenvalue weighted by atomic mass is 14.3. The van der Waals surface area contributed by atoms with Gasteiger partial charge in [-0.2, -0.15) is 0 Å². The molecule has 0 aromatic heterocycles. The van der Waals surface area contributed by atoms with E-state index >= 15 is 0 Å². The van der Waals surface area contributed by atoms with Gasteiger partial charge in [0.1, 0.15) is 0 Å². The number of hydrogen-bond acceptors (Lipinski definition) is 0. The van der Waals surface area contributed by atoms with E-state index in [-0.39, 0.29) is 0 Å². The highest BCUT2D eigenvalue weighted by Gasteiger charge is 2.27. The second-order valence-corrected chi connectivity index (χ2v) is 5.02. The fourth-order valence-corrected chi connectivity index (χ4v) is 2.25. The fraction of sp³-hybridized carbons (Fsp3) is 0.375. The molecule has 2 unspecified atom stereocenters. The maximum absolute atomic E-state index is 2.36. The molecule has 1 aromatic carbocycles. The normalized spacial score (nSPS) is 28.2. The SMILES string of the molecule is CC1C=CC=CC1(C)CCc1ccccc1. The Kier molecular flexibility index (Phi) is 3.28. The highest BCUT2D eigenvalue weighted by Crippen LogP contribution is 2.37. The van der Waals surface area contributed by atoms with Gasteiger partial charge in [-0.25, -0.2) is 0 Å². The Labute approximate surface area is 98.7 Å². The predicted molar refractivity (Wildman–Crippen MR) is 70.3 cm³/mol. The molecule has 0 heterocycles. The molecule has 1 aromatic rings. The summed E-state index contributed by atoms with van der Waals surface area (Å²) in [6.07, 6.45) is 11.4. The lowest BCUT2D eigenvalue weighted by atomic mass is 9.72. The van der Waals surface area contributed by atoms with Gasteiger partial charge in [0.05, 0.1) is 0 Å². The Morgan fingerprint density at radius 3 is 2.56 bits per heavy atom. The van der Waals surface area contributed by atoms with Crippen LogP contribution in [0, 0.1) is 11.3 Å². The molecule has 0 saturated carbocycles. The van der Waals surface area contributed by atoms with Gasteiger partial charge in [-0.05, 0) is 29.7 Å². The summed E-state index contributed by atoms with van der Waals surface area (Å²) in [6.45, 7) is 4.67. The second-order valence-electron chi connectivity index (χ2n) is 5.02. The summed E-state index contributed by atoms with van der Waals surface area (Å²) in [5, 5.41) is 0. The molecule has 0 heteroatoms. The summed E-state index contributed by atoms with van der Waals surface area (Å²) in [5.41, 5.74) is 1.77. The van der Waals surface area contributed by atoms with Crippen LogP contribution in [0.15, 0.2) is 54.6 Å². The molecule has 0 aliphatic heterocycles. The zero-order valence-corrected chi connectivity index (χ0v) is 10.2. The third-order valence-electron chi connectivity index (χ3n) is 3.82. The molecule has 1 aliphatic rings. The summed E-state index contributed by atoms with van der Waals surface area (Å²) in [6, 6.07) is 10.8. The van der Waals surface area contributed by atoms with Gasteiger partial charge in [-0.15, -0.1) is 0 Å². The molecule has 0 fully saturated rings. The van der Waals surface area contributed by atoms with E-state index in [9.17, 15) is 0 Å². The molecule has 2 rings (SSSR count). The summed E-state index contributed by atoms with van der Waals surface area (Å²) >= 11 is 0. The lowest BCUT2D eigenvalue weighted by molar-refractivity contribution is 0.300. The van der Waals surface area contributed by atoms with Crippen molar-refractivity contribution in [2.45, 2.75) is 26.7 Å². The van der Waals surface area contributed by atoms with Crippen molar-refractivity contribution in [1.82, 2.24) is 0 Å². The average Bonchev–Trinajstić information content (AvgIpc) is 2.32. The van der Waals surface area contributed by atoms with Gasteiger partial charge in [0.15, 0.2) is 0 Å². The molecule has 84 valence electrons. The standard InChI is InChI=1S/C16H20/c1-14-8-6-7-12-16(14,2)13-11-15-9-4-3-5-10-15/h3-10,12,14H,11,13H2,1-2H3. The Morgan fingerprint density at radius 1 is 1.12 bits per heavy atom. The van der Waals surface area contributed by atoms with E-state index in [0.29, 0.717) is 11.3 Å². The van der Waals surface area contributed by atoms with E-state index in [2.05, 4.69) is 68.5 Å². The van der Waals surface area contributed by atoms with Gasteiger partial charge < -0.3 is 0 Å². The van der Waals surface area contributed by atoms with Crippen LogP contribution < -0.4 is 0 Å². The Bertz CT molecular complexity index is 386. The summed E-state index contributed by atoms with van der Waals surface area (Å²) in [5.74, 6) is 0.640. The third kappa shape index (κ3) is 2.44. The monoisotopic (exact) mass is 212 g/mol. The summed E-state index contributed by atoms with van der Waals surface area (Å²) < 4.78 is 0. The van der Waals surface area contributed by atoms with Crippen molar-refractivity contribution < 1.29 is 0 Å². The minimum absolute atomic E-state index is 0.324. The number of rotatable bonds is 3. The van der Waals surface area contributed by atoms with Crippen LogP contribution in [0.2, 0.25) is 0 Å². The molecule has 16 heavy (non-hydrogen) atoms. The van der Waals surface area contributed by atoms with E-state index in [1.165, 1.54) is 18.4 Å². The molecular weight excluding hydrogens is 192 g/mol. The first-order valence-electron chi connectivity index (χ1n) is 6.11. The maximum Gasteiger partial charge on any atom is -0.00801 e. The largest absolute Gasteiger partial charge is 0.0809 e. The van der Waals surface area contributed by atoms with Crippen molar-refractivity contribution in [2.24, 2.45) is 11.3 Å². The van der Waals surface area contributed by atoms with Gasteiger partial charge in [0.25, 0.3) is 0 Å². The van der Waals surface area contributed by atoms with Gasteiger partial charge in [-0.1, -0.05) is 68.5 Å². The first-order valence-corrected chi connectivity index (χ1v) is 6.11. The Morgan fingerprint density at radius 2 is 1.88 bits per heavy atom. The van der Waals surface area contributed by atoms with Crippen molar-refractivity contribution in [3.05, 3.63) is 60.2 Å². The minimum atomic E-state index is 0.324. The molecule has 0 saturated heterocycles. The quantitative estimate of drug-likeness (QED) is 0.697. The lowest BCUT2D eigenvalue weighted by Crippen LogP contribution is -2.23. The smallest absolute Gasteiger partial charge is 0.00801 e. The molecule has 0 nitrogen and oxygen atoms in total. The van der Waals surface area contributed by atoms with Crippen LogP contribution in [0.1, 0.15) is 25.8 Å². The van der Waals surface area contributed by atoms with Gasteiger partial charge >= 0.3 is 0 Å². The van der Waals surface area contributed by atoms with Gasteiger partial charge in [0.2, 0.25) is 0 Å². The molecule has 2 atom stereocenters. The van der Waals surface area contributed by atoms with Crippen molar-refractivity contribution >= 4 is 0 Å².